The summed E-state index contributed by atoms with van der Waals surface area (Å²) in [6.07, 6.45) is 3.67. The third-order valence-corrected chi connectivity index (χ3v) is 2.85. The predicted molar refractivity (Wildman–Crippen MR) is 81.3 cm³/mol. The minimum absolute atomic E-state index is 0.227. The lowest BCUT2D eigenvalue weighted by Crippen LogP contribution is -2.31. The fraction of sp³-hybridized carbons (Fsp3) is 0.333. The summed E-state index contributed by atoms with van der Waals surface area (Å²) in [5.74, 6) is 0. The van der Waals surface area contributed by atoms with Crippen LogP contribution in [0.2, 0.25) is 0 Å². The second-order valence-electron chi connectivity index (χ2n) is 4.48. The van der Waals surface area contributed by atoms with Gasteiger partial charge in [0.15, 0.2) is 0 Å². The van der Waals surface area contributed by atoms with Crippen LogP contribution < -0.4 is 10.6 Å². The maximum absolute atomic E-state index is 11.6. The summed E-state index contributed by atoms with van der Waals surface area (Å²) in [5.41, 5.74) is 1.88. The van der Waals surface area contributed by atoms with Gasteiger partial charge in [0.05, 0.1) is 13.2 Å². The Kier molecular flexibility index (Phi) is 5.78. The van der Waals surface area contributed by atoms with Crippen LogP contribution in [0.15, 0.2) is 42.7 Å². The standard InChI is InChI=1S/C15H20N4O2/c1-2-21-11-9-16-15(20)18-14-6-4-13(5-7-14)12-19-10-3-8-17-19/h3-8,10H,2,9,11-12H2,1H3,(H2,16,18,20). The zero-order valence-electron chi connectivity index (χ0n) is 12.1. The lowest BCUT2D eigenvalue weighted by Gasteiger charge is -2.08. The topological polar surface area (TPSA) is 68.2 Å². The van der Waals surface area contributed by atoms with Crippen molar-refractivity contribution in [1.82, 2.24) is 15.1 Å². The van der Waals surface area contributed by atoms with Gasteiger partial charge in [-0.3, -0.25) is 4.68 Å². The molecule has 6 heteroatoms. The van der Waals surface area contributed by atoms with E-state index >= 15 is 0 Å². The van der Waals surface area contributed by atoms with Crippen LogP contribution in [-0.4, -0.2) is 35.6 Å². The third-order valence-electron chi connectivity index (χ3n) is 2.85. The van der Waals surface area contributed by atoms with Gasteiger partial charge in [-0.1, -0.05) is 12.1 Å². The Bertz CT molecular complexity index is 537. The number of nitrogens with one attached hydrogen (secondary N) is 2. The van der Waals surface area contributed by atoms with Crippen LogP contribution in [0.3, 0.4) is 0 Å². The van der Waals surface area contributed by atoms with Crippen LogP contribution in [0, 0.1) is 0 Å². The molecular weight excluding hydrogens is 268 g/mol. The van der Waals surface area contributed by atoms with Gasteiger partial charge in [-0.25, -0.2) is 4.79 Å². The molecule has 0 fully saturated rings. The van der Waals surface area contributed by atoms with Crippen molar-refractivity contribution in [2.45, 2.75) is 13.5 Å². The van der Waals surface area contributed by atoms with E-state index in [2.05, 4.69) is 15.7 Å². The van der Waals surface area contributed by atoms with E-state index in [9.17, 15) is 4.79 Å². The molecule has 112 valence electrons. The van der Waals surface area contributed by atoms with Crippen molar-refractivity contribution < 1.29 is 9.53 Å². The van der Waals surface area contributed by atoms with Gasteiger partial charge in [0.1, 0.15) is 0 Å². The zero-order valence-corrected chi connectivity index (χ0v) is 12.1. The summed E-state index contributed by atoms with van der Waals surface area (Å²) in [4.78, 5) is 11.6. The predicted octanol–water partition coefficient (Wildman–Crippen LogP) is 2.09. The summed E-state index contributed by atoms with van der Waals surface area (Å²) in [6, 6.07) is 9.36. The molecule has 6 nitrogen and oxygen atoms in total. The maximum atomic E-state index is 11.6. The first-order chi connectivity index (χ1) is 10.3. The van der Waals surface area contributed by atoms with Gasteiger partial charge in [-0.2, -0.15) is 5.10 Å². The van der Waals surface area contributed by atoms with Crippen molar-refractivity contribution in [2.24, 2.45) is 0 Å². The SMILES string of the molecule is CCOCCNC(=O)Nc1ccc(Cn2cccn2)cc1. The highest BCUT2D eigenvalue weighted by Crippen LogP contribution is 2.10. The Morgan fingerprint density at radius 1 is 1.33 bits per heavy atom. The summed E-state index contributed by atoms with van der Waals surface area (Å²) in [5, 5.41) is 9.66. The van der Waals surface area contributed by atoms with Gasteiger partial charge >= 0.3 is 6.03 Å². The maximum Gasteiger partial charge on any atom is 0.319 e. The number of hydrogen-bond acceptors (Lipinski definition) is 3. The molecule has 1 heterocycles. The number of ether oxygens (including phenoxy) is 1. The molecule has 1 aromatic carbocycles. The molecule has 0 aliphatic carbocycles. The molecule has 2 aromatic rings. The fourth-order valence-corrected chi connectivity index (χ4v) is 1.83. The minimum Gasteiger partial charge on any atom is -0.380 e. The second-order valence-corrected chi connectivity index (χ2v) is 4.48. The van der Waals surface area contributed by atoms with E-state index in [1.165, 1.54) is 0 Å². The molecule has 0 saturated heterocycles. The van der Waals surface area contributed by atoms with Gasteiger partial charge in [-0.15, -0.1) is 0 Å². The number of hydrogen-bond donors (Lipinski definition) is 2. The minimum atomic E-state index is -0.227. The molecule has 0 aliphatic heterocycles. The molecule has 0 spiro atoms. The zero-order chi connectivity index (χ0) is 14.9. The number of anilines is 1. The number of benzene rings is 1. The molecule has 0 atom stereocenters. The first kappa shape index (κ1) is 15.1. The lowest BCUT2D eigenvalue weighted by molar-refractivity contribution is 0.150. The van der Waals surface area contributed by atoms with Crippen LogP contribution >= 0.6 is 0 Å². The summed E-state index contributed by atoms with van der Waals surface area (Å²) in [7, 11) is 0. The Balaban J connectivity index is 1.78. The Morgan fingerprint density at radius 3 is 2.81 bits per heavy atom. The van der Waals surface area contributed by atoms with Crippen molar-refractivity contribution >= 4 is 11.7 Å². The number of urea groups is 1. The second kappa shape index (κ2) is 8.06. The van der Waals surface area contributed by atoms with Crippen LogP contribution in [0.1, 0.15) is 12.5 Å². The van der Waals surface area contributed by atoms with E-state index in [1.807, 2.05) is 48.1 Å². The number of aromatic nitrogens is 2. The smallest absolute Gasteiger partial charge is 0.319 e. The first-order valence-corrected chi connectivity index (χ1v) is 6.97. The van der Waals surface area contributed by atoms with Crippen molar-refractivity contribution in [3.05, 3.63) is 48.3 Å². The van der Waals surface area contributed by atoms with E-state index in [0.29, 0.717) is 26.3 Å². The van der Waals surface area contributed by atoms with Crippen molar-refractivity contribution in [3.63, 3.8) is 0 Å². The van der Waals surface area contributed by atoms with E-state index in [4.69, 9.17) is 4.74 Å². The number of nitrogens with zero attached hydrogens (tertiary/aromatic N) is 2. The van der Waals surface area contributed by atoms with Crippen molar-refractivity contribution in [2.75, 3.05) is 25.1 Å². The molecule has 0 aliphatic rings. The molecule has 0 saturated carbocycles. The number of carbonyl (C=O) groups is 1. The molecule has 1 aromatic heterocycles. The lowest BCUT2D eigenvalue weighted by atomic mass is 10.2. The third kappa shape index (κ3) is 5.27. The van der Waals surface area contributed by atoms with Gasteiger partial charge in [-0.05, 0) is 30.7 Å². The van der Waals surface area contributed by atoms with E-state index in [0.717, 1.165) is 11.3 Å². The number of carbonyl (C=O) groups excluding carboxylic acids is 1. The highest BCUT2D eigenvalue weighted by atomic mass is 16.5. The summed E-state index contributed by atoms with van der Waals surface area (Å²) in [6.45, 7) is 4.31. The van der Waals surface area contributed by atoms with Crippen LogP contribution in [0.5, 0.6) is 0 Å². The normalized spacial score (nSPS) is 10.3. The Morgan fingerprint density at radius 2 is 2.14 bits per heavy atom. The summed E-state index contributed by atoms with van der Waals surface area (Å²) < 4.78 is 7.00. The number of amides is 2. The molecule has 2 N–H and O–H groups in total. The van der Waals surface area contributed by atoms with E-state index < -0.39 is 0 Å². The molecule has 0 bridgehead atoms. The van der Waals surface area contributed by atoms with E-state index in [1.54, 1.807) is 6.20 Å². The van der Waals surface area contributed by atoms with Crippen LogP contribution in [-0.2, 0) is 11.3 Å². The van der Waals surface area contributed by atoms with Crippen LogP contribution in [0.25, 0.3) is 0 Å². The first-order valence-electron chi connectivity index (χ1n) is 6.97. The number of rotatable bonds is 7. The average molecular weight is 288 g/mol. The Labute approximate surface area is 124 Å². The van der Waals surface area contributed by atoms with Crippen molar-refractivity contribution in [1.29, 1.82) is 0 Å². The molecule has 0 radical (unpaired) electrons. The summed E-state index contributed by atoms with van der Waals surface area (Å²) >= 11 is 0. The molecule has 2 rings (SSSR count). The Hall–Kier alpha value is -2.34. The molecule has 2 amide bonds. The molecular formula is C15H20N4O2. The average Bonchev–Trinajstić information content (AvgIpc) is 2.99. The molecule has 0 unspecified atom stereocenters. The largest absolute Gasteiger partial charge is 0.380 e. The van der Waals surface area contributed by atoms with Gasteiger partial charge in [0.2, 0.25) is 0 Å². The monoisotopic (exact) mass is 288 g/mol. The molecule has 21 heavy (non-hydrogen) atoms. The highest BCUT2D eigenvalue weighted by Gasteiger charge is 2.01. The van der Waals surface area contributed by atoms with Crippen molar-refractivity contribution in [3.8, 4) is 0 Å². The fourth-order valence-electron chi connectivity index (χ4n) is 1.83. The highest BCUT2D eigenvalue weighted by molar-refractivity contribution is 5.89. The van der Waals surface area contributed by atoms with Crippen LogP contribution in [0.4, 0.5) is 10.5 Å². The van der Waals surface area contributed by atoms with Gasteiger partial charge in [0, 0.05) is 31.2 Å². The van der Waals surface area contributed by atoms with Gasteiger partial charge < -0.3 is 15.4 Å². The van der Waals surface area contributed by atoms with E-state index in [-0.39, 0.29) is 6.03 Å². The quantitative estimate of drug-likeness (QED) is 0.767. The van der Waals surface area contributed by atoms with Gasteiger partial charge in [0.25, 0.3) is 0 Å².